The number of likely N-dealkylation sites (N-methyl/N-ethyl adjacent to an activating group) is 1. The third-order valence-electron chi connectivity index (χ3n) is 2.97. The molecular formula is C16H25NO2. The zero-order valence-corrected chi connectivity index (χ0v) is 12.6. The maximum atomic E-state index is 12.0. The minimum absolute atomic E-state index is 0.191. The average molecular weight is 263 g/mol. The van der Waals surface area contributed by atoms with Crippen LogP contribution < -0.4 is 0 Å². The lowest BCUT2D eigenvalue weighted by atomic mass is 9.99. The van der Waals surface area contributed by atoms with Crippen molar-refractivity contribution in [3.05, 3.63) is 35.4 Å². The first-order chi connectivity index (χ1) is 8.95. The number of benzene rings is 1. The van der Waals surface area contributed by atoms with Crippen LogP contribution >= 0.6 is 0 Å². The van der Waals surface area contributed by atoms with E-state index in [1.54, 1.807) is 0 Å². The summed E-state index contributed by atoms with van der Waals surface area (Å²) < 4.78 is 5.13. The Morgan fingerprint density at radius 3 is 2.21 bits per heavy atom. The first-order valence-corrected chi connectivity index (χ1v) is 6.87. The number of ether oxygens (including phenoxy) is 1. The molecule has 0 aliphatic rings. The highest BCUT2D eigenvalue weighted by molar-refractivity contribution is 5.77. The van der Waals surface area contributed by atoms with E-state index in [1.165, 1.54) is 5.56 Å². The largest absolute Gasteiger partial charge is 0.465 e. The van der Waals surface area contributed by atoms with Crippen LogP contribution in [0.2, 0.25) is 0 Å². The van der Waals surface area contributed by atoms with Gasteiger partial charge >= 0.3 is 5.97 Å². The molecule has 0 saturated carbocycles. The van der Waals surface area contributed by atoms with E-state index in [9.17, 15) is 4.79 Å². The quantitative estimate of drug-likeness (QED) is 0.739. The van der Waals surface area contributed by atoms with Crippen LogP contribution in [0.4, 0.5) is 0 Å². The van der Waals surface area contributed by atoms with Crippen LogP contribution in [0.1, 0.15) is 37.9 Å². The number of carbonyl (C=O) groups is 1. The second-order valence-corrected chi connectivity index (χ2v) is 5.46. The average Bonchev–Trinajstić information content (AvgIpc) is 2.31. The van der Waals surface area contributed by atoms with Crippen LogP contribution in [-0.4, -0.2) is 31.6 Å². The summed E-state index contributed by atoms with van der Waals surface area (Å²) in [5.74, 6) is 0.449. The Labute approximate surface area is 116 Å². The molecule has 0 N–H and O–H groups in total. The Morgan fingerprint density at radius 2 is 1.79 bits per heavy atom. The Balaban J connectivity index is 2.88. The van der Waals surface area contributed by atoms with E-state index in [0.717, 1.165) is 12.0 Å². The van der Waals surface area contributed by atoms with Gasteiger partial charge in [0.2, 0.25) is 0 Å². The molecule has 0 aromatic heterocycles. The van der Waals surface area contributed by atoms with Crippen LogP contribution in [0, 0.1) is 5.92 Å². The zero-order chi connectivity index (χ0) is 14.4. The molecule has 1 unspecified atom stereocenters. The van der Waals surface area contributed by atoms with Crippen molar-refractivity contribution in [3.63, 3.8) is 0 Å². The molecule has 1 atom stereocenters. The van der Waals surface area contributed by atoms with Gasteiger partial charge in [-0.1, -0.05) is 38.1 Å². The van der Waals surface area contributed by atoms with Crippen molar-refractivity contribution in [1.82, 2.24) is 4.90 Å². The van der Waals surface area contributed by atoms with Gasteiger partial charge in [-0.2, -0.15) is 0 Å². The second-order valence-electron chi connectivity index (χ2n) is 5.46. The first kappa shape index (κ1) is 15.7. The van der Waals surface area contributed by atoms with Gasteiger partial charge in [-0.05, 0) is 44.5 Å². The summed E-state index contributed by atoms with van der Waals surface area (Å²) in [4.78, 5) is 13.9. The number of nitrogens with zero attached hydrogens (tertiary/aromatic N) is 1. The molecule has 0 fully saturated rings. The molecule has 0 bridgehead atoms. The fraction of sp³-hybridized carbons (Fsp3) is 0.562. The van der Waals surface area contributed by atoms with E-state index in [2.05, 4.69) is 26.0 Å². The van der Waals surface area contributed by atoms with Gasteiger partial charge in [0.05, 0.1) is 6.61 Å². The molecule has 1 rings (SSSR count). The Bertz CT molecular complexity index is 396. The lowest BCUT2D eigenvalue weighted by molar-refractivity contribution is -0.148. The van der Waals surface area contributed by atoms with Gasteiger partial charge in [-0.3, -0.25) is 4.90 Å². The van der Waals surface area contributed by atoms with Crippen LogP contribution in [0.5, 0.6) is 0 Å². The smallest absolute Gasteiger partial charge is 0.327 e. The lowest BCUT2D eigenvalue weighted by Crippen LogP contribution is -2.29. The van der Waals surface area contributed by atoms with Crippen molar-refractivity contribution in [2.75, 3.05) is 20.7 Å². The minimum atomic E-state index is -0.326. The lowest BCUT2D eigenvalue weighted by Gasteiger charge is -2.23. The predicted molar refractivity (Wildman–Crippen MR) is 78.0 cm³/mol. The summed E-state index contributed by atoms with van der Waals surface area (Å²) in [7, 11) is 3.78. The second kappa shape index (κ2) is 7.29. The third-order valence-corrected chi connectivity index (χ3v) is 2.97. The Kier molecular flexibility index (Phi) is 6.03. The van der Waals surface area contributed by atoms with Crippen LogP contribution in [-0.2, 0) is 16.0 Å². The van der Waals surface area contributed by atoms with Crippen molar-refractivity contribution in [1.29, 1.82) is 0 Å². The van der Waals surface area contributed by atoms with E-state index in [-0.39, 0.29) is 12.0 Å². The molecule has 0 amide bonds. The van der Waals surface area contributed by atoms with Gasteiger partial charge in [-0.15, -0.1) is 0 Å². The van der Waals surface area contributed by atoms with Crippen LogP contribution in [0.15, 0.2) is 24.3 Å². The fourth-order valence-electron chi connectivity index (χ4n) is 2.17. The fourth-order valence-corrected chi connectivity index (χ4v) is 2.17. The zero-order valence-electron chi connectivity index (χ0n) is 12.6. The van der Waals surface area contributed by atoms with Crippen molar-refractivity contribution in [2.45, 2.75) is 33.2 Å². The molecule has 19 heavy (non-hydrogen) atoms. The highest BCUT2D eigenvalue weighted by Gasteiger charge is 2.23. The molecule has 0 aliphatic heterocycles. The maximum absolute atomic E-state index is 12.0. The highest BCUT2D eigenvalue weighted by Crippen LogP contribution is 2.21. The summed E-state index contributed by atoms with van der Waals surface area (Å²) in [6.45, 7) is 6.65. The Morgan fingerprint density at radius 1 is 1.21 bits per heavy atom. The summed E-state index contributed by atoms with van der Waals surface area (Å²) in [5.41, 5.74) is 2.29. The van der Waals surface area contributed by atoms with Crippen molar-refractivity contribution >= 4 is 5.97 Å². The molecule has 106 valence electrons. The first-order valence-electron chi connectivity index (χ1n) is 6.87. The molecule has 1 aromatic rings. The van der Waals surface area contributed by atoms with Gasteiger partial charge in [-0.25, -0.2) is 4.79 Å². The molecule has 0 spiro atoms. The van der Waals surface area contributed by atoms with Crippen molar-refractivity contribution in [2.24, 2.45) is 5.92 Å². The third kappa shape index (κ3) is 4.67. The summed E-state index contributed by atoms with van der Waals surface area (Å²) >= 11 is 0. The van der Waals surface area contributed by atoms with E-state index in [4.69, 9.17) is 4.74 Å². The van der Waals surface area contributed by atoms with Gasteiger partial charge < -0.3 is 4.74 Å². The number of esters is 1. The molecular weight excluding hydrogens is 238 g/mol. The van der Waals surface area contributed by atoms with Gasteiger partial charge in [0.15, 0.2) is 0 Å². The monoisotopic (exact) mass is 263 g/mol. The topological polar surface area (TPSA) is 29.5 Å². The van der Waals surface area contributed by atoms with Crippen LogP contribution in [0.25, 0.3) is 0 Å². The summed E-state index contributed by atoms with van der Waals surface area (Å²) in [5, 5.41) is 0. The van der Waals surface area contributed by atoms with Gasteiger partial charge in [0.25, 0.3) is 0 Å². The van der Waals surface area contributed by atoms with Crippen molar-refractivity contribution in [3.8, 4) is 0 Å². The predicted octanol–water partition coefficient (Wildman–Crippen LogP) is 3.05. The van der Waals surface area contributed by atoms with Gasteiger partial charge in [0, 0.05) is 0 Å². The van der Waals surface area contributed by atoms with Crippen molar-refractivity contribution < 1.29 is 9.53 Å². The number of carbonyl (C=O) groups excluding carboxylic acids is 1. The highest BCUT2D eigenvalue weighted by atomic mass is 16.5. The Hall–Kier alpha value is -1.35. The molecule has 3 heteroatoms. The SMILES string of the molecule is CCOC(=O)C(c1ccc(CC(C)C)cc1)N(C)C. The minimum Gasteiger partial charge on any atom is -0.465 e. The number of hydrogen-bond acceptors (Lipinski definition) is 3. The van der Waals surface area contributed by atoms with E-state index in [0.29, 0.717) is 12.5 Å². The molecule has 0 heterocycles. The molecule has 0 radical (unpaired) electrons. The number of rotatable bonds is 6. The molecule has 0 saturated heterocycles. The summed E-state index contributed by atoms with van der Waals surface area (Å²) in [6.07, 6.45) is 1.06. The van der Waals surface area contributed by atoms with E-state index >= 15 is 0 Å². The molecule has 0 aliphatic carbocycles. The maximum Gasteiger partial charge on any atom is 0.327 e. The standard InChI is InChI=1S/C16H25NO2/c1-6-19-16(18)15(17(4)5)14-9-7-13(8-10-14)11-12(2)3/h7-10,12,15H,6,11H2,1-5H3. The molecule has 3 nitrogen and oxygen atoms in total. The summed E-state index contributed by atoms with van der Waals surface area (Å²) in [6, 6.07) is 7.93. The molecule has 1 aromatic carbocycles. The van der Waals surface area contributed by atoms with E-state index < -0.39 is 0 Å². The number of hydrogen-bond donors (Lipinski definition) is 0. The normalized spacial score (nSPS) is 12.8. The van der Waals surface area contributed by atoms with E-state index in [1.807, 2.05) is 38.1 Å². The van der Waals surface area contributed by atoms with Gasteiger partial charge in [0.1, 0.15) is 6.04 Å². The van der Waals surface area contributed by atoms with Crippen LogP contribution in [0.3, 0.4) is 0 Å².